The third-order valence-electron chi connectivity index (χ3n) is 7.09. The van der Waals surface area contributed by atoms with E-state index in [-0.39, 0.29) is 0 Å². The van der Waals surface area contributed by atoms with E-state index in [0.717, 1.165) is 57.7 Å². The van der Waals surface area contributed by atoms with Gasteiger partial charge in [-0.1, -0.05) is 6.42 Å². The minimum atomic E-state index is 0.315. The summed E-state index contributed by atoms with van der Waals surface area (Å²) in [6, 6.07) is 0. The van der Waals surface area contributed by atoms with Crippen LogP contribution in [0.1, 0.15) is 44.9 Å². The second kappa shape index (κ2) is 7.75. The van der Waals surface area contributed by atoms with Crippen LogP contribution in [0.4, 0.5) is 0 Å². The molecular formula is C20H35N5O. The second-order valence-corrected chi connectivity index (χ2v) is 8.74. The molecule has 2 saturated carbocycles. The molecule has 1 amide bonds. The highest BCUT2D eigenvalue weighted by Crippen LogP contribution is 2.56. The number of hydrogen-bond acceptors (Lipinski definition) is 3. The van der Waals surface area contributed by atoms with Gasteiger partial charge in [0, 0.05) is 52.9 Å². The molecule has 0 bridgehead atoms. The van der Waals surface area contributed by atoms with Gasteiger partial charge in [-0.3, -0.25) is 14.7 Å². The van der Waals surface area contributed by atoms with Crippen molar-refractivity contribution in [3.63, 3.8) is 0 Å². The molecule has 0 aromatic carbocycles. The smallest absolute Gasteiger partial charge is 0.236 e. The number of likely N-dealkylation sites (tertiary alicyclic amines) is 1. The van der Waals surface area contributed by atoms with E-state index in [1.54, 1.807) is 0 Å². The highest BCUT2D eigenvalue weighted by atomic mass is 16.2. The van der Waals surface area contributed by atoms with Crippen LogP contribution >= 0.6 is 0 Å². The van der Waals surface area contributed by atoms with E-state index < -0.39 is 0 Å². The summed E-state index contributed by atoms with van der Waals surface area (Å²) in [5, 5.41) is 3.69. The fraction of sp³-hybridized carbons (Fsp3) is 0.900. The molecule has 6 heteroatoms. The third kappa shape index (κ3) is 3.85. The van der Waals surface area contributed by atoms with Crippen LogP contribution in [0.25, 0.3) is 0 Å². The molecular weight excluding hydrogens is 326 g/mol. The number of carbonyl (C=O) groups excluding carboxylic acids is 1. The van der Waals surface area contributed by atoms with Gasteiger partial charge in [-0.05, 0) is 49.9 Å². The van der Waals surface area contributed by atoms with E-state index in [9.17, 15) is 4.79 Å². The Balaban J connectivity index is 1.22. The van der Waals surface area contributed by atoms with Gasteiger partial charge in [-0.2, -0.15) is 0 Å². The van der Waals surface area contributed by atoms with Crippen molar-refractivity contribution in [1.82, 2.24) is 20.0 Å². The Morgan fingerprint density at radius 2 is 1.69 bits per heavy atom. The van der Waals surface area contributed by atoms with Gasteiger partial charge in [0.1, 0.15) is 0 Å². The lowest BCUT2D eigenvalue weighted by Gasteiger charge is -2.44. The van der Waals surface area contributed by atoms with Gasteiger partial charge in [-0.25, -0.2) is 0 Å². The van der Waals surface area contributed by atoms with Crippen molar-refractivity contribution in [2.24, 2.45) is 16.3 Å². The summed E-state index contributed by atoms with van der Waals surface area (Å²) >= 11 is 0. The minimum absolute atomic E-state index is 0.315. The average Bonchev–Trinajstić information content (AvgIpc) is 3.31. The summed E-state index contributed by atoms with van der Waals surface area (Å²) in [6.45, 7) is 7.42. The van der Waals surface area contributed by atoms with Crippen molar-refractivity contribution in [3.05, 3.63) is 0 Å². The van der Waals surface area contributed by atoms with Gasteiger partial charge in [-0.15, -0.1) is 0 Å². The lowest BCUT2D eigenvalue weighted by atomic mass is 9.65. The molecule has 2 aliphatic carbocycles. The molecule has 26 heavy (non-hydrogen) atoms. The molecule has 0 unspecified atom stereocenters. The lowest BCUT2D eigenvalue weighted by molar-refractivity contribution is -0.131. The minimum Gasteiger partial charge on any atom is -0.356 e. The predicted molar refractivity (Wildman–Crippen MR) is 104 cm³/mol. The molecule has 0 radical (unpaired) electrons. The van der Waals surface area contributed by atoms with Gasteiger partial charge in [0.2, 0.25) is 5.91 Å². The Kier molecular flexibility index (Phi) is 5.39. The average molecular weight is 362 g/mol. The molecule has 0 aromatic heterocycles. The quantitative estimate of drug-likeness (QED) is 0.594. The first-order valence-electron chi connectivity index (χ1n) is 10.7. The van der Waals surface area contributed by atoms with Gasteiger partial charge in [0.05, 0.1) is 6.54 Å². The van der Waals surface area contributed by atoms with Crippen LogP contribution in [0.5, 0.6) is 0 Å². The molecule has 4 aliphatic rings. The molecule has 0 spiro atoms. The maximum Gasteiger partial charge on any atom is 0.236 e. The standard InChI is InChI=1S/C20H35N5O/c1-21-19(22-16-20(7-4-8-20)17-5-6-17)25-13-11-23(12-14-25)15-18(26)24-9-2-3-10-24/h17H,2-16H2,1H3,(H,21,22). The third-order valence-corrected chi connectivity index (χ3v) is 7.09. The van der Waals surface area contributed by atoms with Crippen LogP contribution in [0.3, 0.4) is 0 Å². The summed E-state index contributed by atoms with van der Waals surface area (Å²) in [7, 11) is 1.90. The molecule has 6 nitrogen and oxygen atoms in total. The lowest BCUT2D eigenvalue weighted by Crippen LogP contribution is -2.55. The number of hydrogen-bond donors (Lipinski definition) is 1. The van der Waals surface area contributed by atoms with Crippen molar-refractivity contribution < 1.29 is 4.79 Å². The number of nitrogens with one attached hydrogen (secondary N) is 1. The molecule has 1 N–H and O–H groups in total. The molecule has 2 aliphatic heterocycles. The summed E-state index contributed by atoms with van der Waals surface area (Å²) in [4.78, 5) is 23.6. The number of rotatable bonds is 5. The predicted octanol–water partition coefficient (Wildman–Crippen LogP) is 1.38. The Morgan fingerprint density at radius 1 is 1.00 bits per heavy atom. The zero-order valence-electron chi connectivity index (χ0n) is 16.4. The first-order valence-corrected chi connectivity index (χ1v) is 10.7. The summed E-state index contributed by atoms with van der Waals surface area (Å²) < 4.78 is 0. The second-order valence-electron chi connectivity index (χ2n) is 8.74. The molecule has 2 saturated heterocycles. The summed E-state index contributed by atoms with van der Waals surface area (Å²) in [6.07, 6.45) is 9.41. The molecule has 0 atom stereocenters. The number of nitrogens with zero attached hydrogens (tertiary/aromatic N) is 4. The van der Waals surface area contributed by atoms with Crippen molar-refractivity contribution in [2.45, 2.75) is 44.9 Å². The number of aliphatic imine (C=N–C) groups is 1. The fourth-order valence-electron chi connectivity index (χ4n) is 5.02. The maximum absolute atomic E-state index is 12.3. The Bertz CT molecular complexity index is 526. The number of guanidine groups is 1. The number of amides is 1. The highest BCUT2D eigenvalue weighted by Gasteiger charge is 2.48. The number of piperazine rings is 1. The van der Waals surface area contributed by atoms with Crippen molar-refractivity contribution in [3.8, 4) is 0 Å². The van der Waals surface area contributed by atoms with Crippen LogP contribution in [-0.4, -0.2) is 86.0 Å². The van der Waals surface area contributed by atoms with Crippen LogP contribution in [0.2, 0.25) is 0 Å². The van der Waals surface area contributed by atoms with Crippen LogP contribution in [0, 0.1) is 11.3 Å². The van der Waals surface area contributed by atoms with E-state index in [2.05, 4.69) is 20.1 Å². The Morgan fingerprint density at radius 3 is 2.23 bits per heavy atom. The fourth-order valence-corrected chi connectivity index (χ4v) is 5.02. The van der Waals surface area contributed by atoms with Crippen LogP contribution in [0.15, 0.2) is 4.99 Å². The molecule has 4 fully saturated rings. The topological polar surface area (TPSA) is 51.2 Å². The van der Waals surface area contributed by atoms with Gasteiger partial charge >= 0.3 is 0 Å². The Hall–Kier alpha value is -1.30. The maximum atomic E-state index is 12.3. The zero-order valence-corrected chi connectivity index (χ0v) is 16.4. The normalized spacial score (nSPS) is 26.7. The van der Waals surface area contributed by atoms with E-state index in [1.807, 2.05) is 11.9 Å². The van der Waals surface area contributed by atoms with E-state index >= 15 is 0 Å². The highest BCUT2D eigenvalue weighted by molar-refractivity contribution is 5.80. The van der Waals surface area contributed by atoms with E-state index in [4.69, 9.17) is 0 Å². The van der Waals surface area contributed by atoms with Crippen LogP contribution < -0.4 is 5.32 Å². The summed E-state index contributed by atoms with van der Waals surface area (Å²) in [5.41, 5.74) is 0.569. The number of carbonyl (C=O) groups is 1. The van der Waals surface area contributed by atoms with E-state index in [0.29, 0.717) is 17.9 Å². The zero-order chi connectivity index (χ0) is 18.0. The first kappa shape index (κ1) is 18.1. The van der Waals surface area contributed by atoms with Gasteiger partial charge < -0.3 is 15.1 Å². The molecule has 146 valence electrons. The molecule has 0 aromatic rings. The molecule has 2 heterocycles. The van der Waals surface area contributed by atoms with E-state index in [1.165, 1.54) is 44.9 Å². The first-order chi connectivity index (χ1) is 12.7. The van der Waals surface area contributed by atoms with Crippen molar-refractivity contribution in [2.75, 3.05) is 59.4 Å². The van der Waals surface area contributed by atoms with Gasteiger partial charge in [0.25, 0.3) is 0 Å². The largest absolute Gasteiger partial charge is 0.356 e. The summed E-state index contributed by atoms with van der Waals surface area (Å²) in [5.74, 6) is 2.34. The monoisotopic (exact) mass is 361 g/mol. The van der Waals surface area contributed by atoms with Gasteiger partial charge in [0.15, 0.2) is 5.96 Å². The SMILES string of the molecule is CN=C(NCC1(C2CC2)CCC1)N1CCN(CC(=O)N2CCCC2)CC1. The molecule has 4 rings (SSSR count). The van der Waals surface area contributed by atoms with Crippen LogP contribution in [-0.2, 0) is 4.79 Å². The van der Waals surface area contributed by atoms with Crippen molar-refractivity contribution in [1.29, 1.82) is 0 Å². The van der Waals surface area contributed by atoms with Crippen molar-refractivity contribution >= 4 is 11.9 Å². The Labute approximate surface area is 158 Å².